The molecular weight excluding hydrogens is 190 g/mol. The Labute approximate surface area is 92.2 Å². The first kappa shape index (κ1) is 11.4. The number of hydrogen-bond acceptors (Lipinski definition) is 3. The van der Waals surface area contributed by atoms with E-state index in [2.05, 4.69) is 5.32 Å². The molecule has 2 unspecified atom stereocenters. The topological polar surface area (TPSA) is 41.5 Å². The summed E-state index contributed by atoms with van der Waals surface area (Å²) in [4.78, 5) is 0. The summed E-state index contributed by atoms with van der Waals surface area (Å²) in [7, 11) is 1.78. The third kappa shape index (κ3) is 2.92. The van der Waals surface area contributed by atoms with Crippen molar-refractivity contribution >= 4 is 0 Å². The highest BCUT2D eigenvalue weighted by atomic mass is 16.5. The Morgan fingerprint density at radius 2 is 2.20 bits per heavy atom. The fourth-order valence-electron chi connectivity index (χ4n) is 2.55. The van der Waals surface area contributed by atoms with Gasteiger partial charge in [0.25, 0.3) is 0 Å². The number of nitrogens with one attached hydrogen (secondary N) is 1. The van der Waals surface area contributed by atoms with Gasteiger partial charge in [0.05, 0.1) is 12.7 Å². The third-order valence-electron chi connectivity index (χ3n) is 3.90. The van der Waals surface area contributed by atoms with E-state index in [1.54, 1.807) is 7.11 Å². The molecule has 0 heterocycles. The fraction of sp³-hybridized carbons (Fsp3) is 1.00. The van der Waals surface area contributed by atoms with Gasteiger partial charge in [-0.3, -0.25) is 0 Å². The summed E-state index contributed by atoms with van der Waals surface area (Å²) < 4.78 is 5.42. The summed E-state index contributed by atoms with van der Waals surface area (Å²) in [5.74, 6) is 0.872. The lowest BCUT2D eigenvalue weighted by Crippen LogP contribution is -2.53. The number of methoxy groups -OCH3 is 1. The van der Waals surface area contributed by atoms with Gasteiger partial charge >= 0.3 is 0 Å². The molecule has 0 amide bonds. The van der Waals surface area contributed by atoms with Crippen LogP contribution in [0.2, 0.25) is 0 Å². The molecule has 3 nitrogen and oxygen atoms in total. The van der Waals surface area contributed by atoms with E-state index in [9.17, 15) is 5.11 Å². The molecule has 0 aromatic rings. The average molecular weight is 213 g/mol. The normalized spacial score (nSPS) is 36.8. The second-order valence-corrected chi connectivity index (χ2v) is 5.22. The summed E-state index contributed by atoms with van der Waals surface area (Å²) in [5.41, 5.74) is -0.0541. The van der Waals surface area contributed by atoms with Crippen LogP contribution in [0.25, 0.3) is 0 Å². The Hall–Kier alpha value is -0.120. The van der Waals surface area contributed by atoms with Gasteiger partial charge in [-0.2, -0.15) is 0 Å². The van der Waals surface area contributed by atoms with Gasteiger partial charge in [-0.05, 0) is 51.0 Å². The van der Waals surface area contributed by atoms with Crippen molar-refractivity contribution in [2.24, 2.45) is 5.92 Å². The molecule has 0 aromatic heterocycles. The minimum Gasteiger partial charge on any atom is -0.394 e. The molecule has 2 aliphatic carbocycles. The zero-order chi connectivity index (χ0) is 10.7. The van der Waals surface area contributed by atoms with Gasteiger partial charge < -0.3 is 15.2 Å². The molecule has 2 fully saturated rings. The maximum Gasteiger partial charge on any atom is 0.0614 e. The van der Waals surface area contributed by atoms with Crippen LogP contribution in [0.3, 0.4) is 0 Å². The van der Waals surface area contributed by atoms with Crippen molar-refractivity contribution in [3.8, 4) is 0 Å². The van der Waals surface area contributed by atoms with Crippen LogP contribution in [0.1, 0.15) is 38.5 Å². The van der Waals surface area contributed by atoms with Gasteiger partial charge in [-0.15, -0.1) is 0 Å². The van der Waals surface area contributed by atoms with Crippen LogP contribution in [0.15, 0.2) is 0 Å². The lowest BCUT2D eigenvalue weighted by Gasteiger charge is -2.40. The standard InChI is InChI=1S/C12H23NO2/c1-15-11-3-2-6-12(7-11,9-14)13-8-10-4-5-10/h10-11,13-14H,2-9H2,1H3. The predicted molar refractivity (Wildman–Crippen MR) is 59.8 cm³/mol. The Kier molecular flexibility index (Phi) is 3.65. The molecular formula is C12H23NO2. The number of hydrogen-bond donors (Lipinski definition) is 2. The van der Waals surface area contributed by atoms with Crippen LogP contribution < -0.4 is 5.32 Å². The Morgan fingerprint density at radius 3 is 2.80 bits per heavy atom. The fourth-order valence-corrected chi connectivity index (χ4v) is 2.55. The highest BCUT2D eigenvalue weighted by Crippen LogP contribution is 2.32. The molecule has 2 saturated carbocycles. The van der Waals surface area contributed by atoms with E-state index in [1.807, 2.05) is 0 Å². The molecule has 0 aromatic carbocycles. The summed E-state index contributed by atoms with van der Waals surface area (Å²) in [6.45, 7) is 1.33. The Balaban J connectivity index is 1.86. The average Bonchev–Trinajstić information content (AvgIpc) is 3.10. The maximum atomic E-state index is 9.57. The minimum absolute atomic E-state index is 0.0541. The predicted octanol–water partition coefficient (Wildman–Crippen LogP) is 1.31. The molecule has 0 saturated heterocycles. The largest absolute Gasteiger partial charge is 0.394 e. The van der Waals surface area contributed by atoms with Gasteiger partial charge in [0.1, 0.15) is 0 Å². The van der Waals surface area contributed by atoms with E-state index in [0.29, 0.717) is 6.10 Å². The molecule has 2 aliphatic rings. The van der Waals surface area contributed by atoms with E-state index in [0.717, 1.165) is 38.1 Å². The van der Waals surface area contributed by atoms with Gasteiger partial charge in [0.2, 0.25) is 0 Å². The molecule has 0 spiro atoms. The quantitative estimate of drug-likeness (QED) is 0.723. The maximum absolute atomic E-state index is 9.57. The first-order valence-electron chi connectivity index (χ1n) is 6.17. The first-order chi connectivity index (χ1) is 7.28. The minimum atomic E-state index is -0.0541. The summed E-state index contributed by atoms with van der Waals surface area (Å²) in [6, 6.07) is 0. The highest BCUT2D eigenvalue weighted by molar-refractivity contribution is 4.95. The smallest absolute Gasteiger partial charge is 0.0614 e. The zero-order valence-electron chi connectivity index (χ0n) is 9.67. The first-order valence-corrected chi connectivity index (χ1v) is 6.17. The van der Waals surface area contributed by atoms with Crippen molar-refractivity contribution in [3.63, 3.8) is 0 Å². The highest BCUT2D eigenvalue weighted by Gasteiger charge is 2.36. The molecule has 0 aliphatic heterocycles. The van der Waals surface area contributed by atoms with Gasteiger partial charge in [-0.1, -0.05) is 0 Å². The molecule has 2 rings (SSSR count). The van der Waals surface area contributed by atoms with Gasteiger partial charge in [0, 0.05) is 12.6 Å². The van der Waals surface area contributed by atoms with Crippen LogP contribution in [0.4, 0.5) is 0 Å². The van der Waals surface area contributed by atoms with Crippen LogP contribution in [0.5, 0.6) is 0 Å². The van der Waals surface area contributed by atoms with Gasteiger partial charge in [-0.25, -0.2) is 0 Å². The molecule has 0 bridgehead atoms. The summed E-state index contributed by atoms with van der Waals surface area (Å²) in [6.07, 6.45) is 7.42. The van der Waals surface area contributed by atoms with Crippen LogP contribution >= 0.6 is 0 Å². The molecule has 0 radical (unpaired) electrons. The number of rotatable bonds is 5. The Morgan fingerprint density at radius 1 is 1.40 bits per heavy atom. The lowest BCUT2D eigenvalue weighted by atomic mass is 9.80. The number of aliphatic hydroxyl groups is 1. The Bertz CT molecular complexity index is 206. The van der Waals surface area contributed by atoms with Crippen LogP contribution in [0, 0.1) is 5.92 Å². The van der Waals surface area contributed by atoms with E-state index < -0.39 is 0 Å². The molecule has 2 atom stereocenters. The molecule has 88 valence electrons. The van der Waals surface area contributed by atoms with Crippen molar-refractivity contribution in [3.05, 3.63) is 0 Å². The summed E-state index contributed by atoms with van der Waals surface area (Å²) in [5, 5.41) is 13.2. The second kappa shape index (κ2) is 4.81. The van der Waals surface area contributed by atoms with E-state index >= 15 is 0 Å². The van der Waals surface area contributed by atoms with Crippen molar-refractivity contribution in [1.29, 1.82) is 0 Å². The second-order valence-electron chi connectivity index (χ2n) is 5.22. The van der Waals surface area contributed by atoms with E-state index in [4.69, 9.17) is 4.74 Å². The SMILES string of the molecule is COC1CCCC(CO)(NCC2CC2)C1. The molecule has 2 N–H and O–H groups in total. The summed E-state index contributed by atoms with van der Waals surface area (Å²) >= 11 is 0. The van der Waals surface area contributed by atoms with Crippen molar-refractivity contribution in [2.45, 2.75) is 50.2 Å². The van der Waals surface area contributed by atoms with Crippen molar-refractivity contribution < 1.29 is 9.84 Å². The third-order valence-corrected chi connectivity index (χ3v) is 3.90. The van der Waals surface area contributed by atoms with Gasteiger partial charge in [0.15, 0.2) is 0 Å². The van der Waals surface area contributed by atoms with E-state index in [1.165, 1.54) is 12.8 Å². The molecule has 3 heteroatoms. The van der Waals surface area contributed by atoms with Crippen LogP contribution in [-0.4, -0.2) is 37.0 Å². The van der Waals surface area contributed by atoms with Crippen LogP contribution in [-0.2, 0) is 4.74 Å². The number of ether oxygens (including phenoxy) is 1. The molecule has 15 heavy (non-hydrogen) atoms. The monoisotopic (exact) mass is 213 g/mol. The van der Waals surface area contributed by atoms with Crippen molar-refractivity contribution in [1.82, 2.24) is 5.32 Å². The number of aliphatic hydroxyl groups excluding tert-OH is 1. The lowest BCUT2D eigenvalue weighted by molar-refractivity contribution is 0.00950. The zero-order valence-corrected chi connectivity index (χ0v) is 9.67. The van der Waals surface area contributed by atoms with E-state index in [-0.39, 0.29) is 12.1 Å². The van der Waals surface area contributed by atoms with Crippen molar-refractivity contribution in [2.75, 3.05) is 20.3 Å².